The zero-order valence-electron chi connectivity index (χ0n) is 15.0. The monoisotopic (exact) mass is 506 g/mol. The van der Waals surface area contributed by atoms with E-state index in [1.165, 1.54) is 0 Å². The van der Waals surface area contributed by atoms with E-state index in [9.17, 15) is 13.2 Å². The molecule has 0 saturated carbocycles. The van der Waals surface area contributed by atoms with Crippen molar-refractivity contribution in [3.63, 3.8) is 0 Å². The van der Waals surface area contributed by atoms with Crippen molar-refractivity contribution in [3.8, 4) is 0 Å². The summed E-state index contributed by atoms with van der Waals surface area (Å²) in [5, 5.41) is 4.72. The fraction of sp³-hybridized carbons (Fsp3) is 0.750. The Morgan fingerprint density at radius 2 is 2.12 bits per heavy atom. The topological polar surface area (TPSA) is 49.8 Å². The summed E-state index contributed by atoms with van der Waals surface area (Å²) in [5.74, 6) is 1.44. The highest BCUT2D eigenvalue weighted by Gasteiger charge is 2.33. The third-order valence-corrected chi connectivity index (χ3v) is 5.16. The van der Waals surface area contributed by atoms with Crippen LogP contribution in [0.25, 0.3) is 0 Å². The molecule has 0 aromatic carbocycles. The zero-order chi connectivity index (χ0) is 18.3. The molecule has 10 heteroatoms. The van der Waals surface area contributed by atoms with E-state index in [4.69, 9.17) is 4.74 Å². The van der Waals surface area contributed by atoms with Gasteiger partial charge in [-0.05, 0) is 25.2 Å². The van der Waals surface area contributed by atoms with Crippen LogP contribution in [0.5, 0.6) is 0 Å². The number of alkyl halides is 3. The molecule has 0 bridgehead atoms. The van der Waals surface area contributed by atoms with E-state index >= 15 is 0 Å². The SMILES string of the molecule is CN=C(NCCc1nc(C(F)(F)F)cs1)N(C)CCC1CCOCC1.I. The lowest BCUT2D eigenvalue weighted by Gasteiger charge is -2.26. The number of aromatic nitrogens is 1. The molecule has 2 rings (SSSR count). The highest BCUT2D eigenvalue weighted by Crippen LogP contribution is 2.30. The van der Waals surface area contributed by atoms with Gasteiger partial charge in [-0.15, -0.1) is 35.3 Å². The first-order chi connectivity index (χ1) is 11.9. The molecule has 0 aliphatic carbocycles. The summed E-state index contributed by atoms with van der Waals surface area (Å²) in [6.07, 6.45) is -0.644. The maximum absolute atomic E-state index is 12.5. The molecular weight excluding hydrogens is 480 g/mol. The summed E-state index contributed by atoms with van der Waals surface area (Å²) >= 11 is 1.04. The Morgan fingerprint density at radius 1 is 1.42 bits per heavy atom. The number of thiazole rings is 1. The van der Waals surface area contributed by atoms with Crippen molar-refractivity contribution >= 4 is 41.3 Å². The van der Waals surface area contributed by atoms with Gasteiger partial charge in [0, 0.05) is 52.2 Å². The quantitative estimate of drug-likeness (QED) is 0.364. The molecule has 1 saturated heterocycles. The molecule has 1 fully saturated rings. The first-order valence-electron chi connectivity index (χ1n) is 8.41. The van der Waals surface area contributed by atoms with Crippen LogP contribution in [-0.4, -0.2) is 56.2 Å². The van der Waals surface area contributed by atoms with E-state index in [-0.39, 0.29) is 24.0 Å². The van der Waals surface area contributed by atoms with Gasteiger partial charge in [0.2, 0.25) is 0 Å². The molecule has 1 aliphatic heterocycles. The number of hydrogen-bond donors (Lipinski definition) is 1. The predicted octanol–water partition coefficient (Wildman–Crippen LogP) is 3.65. The molecule has 150 valence electrons. The van der Waals surface area contributed by atoms with Crippen molar-refractivity contribution in [3.05, 3.63) is 16.1 Å². The van der Waals surface area contributed by atoms with Gasteiger partial charge in [-0.25, -0.2) is 4.98 Å². The molecule has 1 aliphatic rings. The van der Waals surface area contributed by atoms with Gasteiger partial charge in [0.25, 0.3) is 0 Å². The highest BCUT2D eigenvalue weighted by atomic mass is 127. The van der Waals surface area contributed by atoms with Crippen LogP contribution in [0.1, 0.15) is 30.0 Å². The second kappa shape index (κ2) is 11.3. The van der Waals surface area contributed by atoms with Gasteiger partial charge in [0.1, 0.15) is 0 Å². The summed E-state index contributed by atoms with van der Waals surface area (Å²) < 4.78 is 43.0. The van der Waals surface area contributed by atoms with Crippen LogP contribution < -0.4 is 5.32 Å². The second-order valence-corrected chi connectivity index (χ2v) is 7.06. The van der Waals surface area contributed by atoms with Gasteiger partial charge in [0.05, 0.1) is 5.01 Å². The summed E-state index contributed by atoms with van der Waals surface area (Å²) in [4.78, 5) is 9.93. The van der Waals surface area contributed by atoms with E-state index in [1.54, 1.807) is 7.05 Å². The molecular formula is C16H26F3IN4OS. The van der Waals surface area contributed by atoms with Crippen molar-refractivity contribution in [2.24, 2.45) is 10.9 Å². The zero-order valence-corrected chi connectivity index (χ0v) is 18.2. The minimum atomic E-state index is -4.37. The minimum absolute atomic E-state index is 0. The third kappa shape index (κ3) is 7.55. The average Bonchev–Trinajstić information content (AvgIpc) is 3.07. The number of hydrogen-bond acceptors (Lipinski definition) is 4. The van der Waals surface area contributed by atoms with Crippen LogP contribution in [-0.2, 0) is 17.3 Å². The van der Waals surface area contributed by atoms with Crippen LogP contribution in [0.3, 0.4) is 0 Å². The molecule has 0 amide bonds. The van der Waals surface area contributed by atoms with Crippen molar-refractivity contribution in [2.45, 2.75) is 31.9 Å². The number of guanidine groups is 1. The maximum Gasteiger partial charge on any atom is 0.434 e. The van der Waals surface area contributed by atoms with Gasteiger partial charge in [-0.2, -0.15) is 13.2 Å². The number of aliphatic imine (C=N–C) groups is 1. The van der Waals surface area contributed by atoms with E-state index < -0.39 is 11.9 Å². The number of nitrogens with one attached hydrogen (secondary N) is 1. The molecule has 1 aromatic heterocycles. The number of ether oxygens (including phenoxy) is 1. The van der Waals surface area contributed by atoms with Gasteiger partial charge < -0.3 is 15.0 Å². The molecule has 26 heavy (non-hydrogen) atoms. The predicted molar refractivity (Wildman–Crippen MR) is 108 cm³/mol. The second-order valence-electron chi connectivity index (χ2n) is 6.11. The molecule has 2 heterocycles. The highest BCUT2D eigenvalue weighted by molar-refractivity contribution is 14.0. The van der Waals surface area contributed by atoms with Gasteiger partial charge in [-0.1, -0.05) is 0 Å². The first-order valence-corrected chi connectivity index (χ1v) is 9.29. The van der Waals surface area contributed by atoms with Crippen molar-refractivity contribution in [1.29, 1.82) is 0 Å². The number of halogens is 4. The number of rotatable bonds is 6. The minimum Gasteiger partial charge on any atom is -0.381 e. The molecule has 0 radical (unpaired) electrons. The van der Waals surface area contributed by atoms with Gasteiger partial charge in [0.15, 0.2) is 11.7 Å². The van der Waals surface area contributed by atoms with Crippen molar-refractivity contribution in [1.82, 2.24) is 15.2 Å². The normalized spacial score (nSPS) is 16.3. The third-order valence-electron chi connectivity index (χ3n) is 4.25. The lowest BCUT2D eigenvalue weighted by molar-refractivity contribution is -0.140. The van der Waals surface area contributed by atoms with Crippen molar-refractivity contribution < 1.29 is 17.9 Å². The Hall–Kier alpha value is -0.620. The maximum atomic E-state index is 12.5. The van der Waals surface area contributed by atoms with Crippen LogP contribution in [0.2, 0.25) is 0 Å². The number of nitrogens with zero attached hydrogens (tertiary/aromatic N) is 3. The first kappa shape index (κ1) is 23.4. The van der Waals surface area contributed by atoms with Gasteiger partial charge in [-0.3, -0.25) is 4.99 Å². The summed E-state index contributed by atoms with van der Waals surface area (Å²) in [6.45, 7) is 3.07. The van der Waals surface area contributed by atoms with Gasteiger partial charge >= 0.3 is 6.18 Å². The van der Waals surface area contributed by atoms with E-state index in [1.807, 2.05) is 7.05 Å². The Kier molecular flexibility index (Phi) is 10.2. The standard InChI is InChI=1S/C16H25F3N4OS.HI/c1-20-15(23(2)8-4-12-5-9-24-10-6-12)21-7-3-14-22-13(11-25-14)16(17,18)19;/h11-12H,3-10H2,1-2H3,(H,20,21);1H. The summed E-state index contributed by atoms with van der Waals surface area (Å²) in [7, 11) is 3.68. The van der Waals surface area contributed by atoms with Crippen molar-refractivity contribution in [2.75, 3.05) is 40.4 Å². The molecule has 0 spiro atoms. The smallest absolute Gasteiger partial charge is 0.381 e. The Balaban J connectivity index is 0.00000338. The Labute approximate surface area is 173 Å². The molecule has 0 unspecified atom stereocenters. The molecule has 1 aromatic rings. The average molecular weight is 506 g/mol. The van der Waals surface area contributed by atoms with Crippen LogP contribution in [0.15, 0.2) is 10.4 Å². The Morgan fingerprint density at radius 3 is 2.69 bits per heavy atom. The van der Waals surface area contributed by atoms with Crippen LogP contribution in [0, 0.1) is 5.92 Å². The molecule has 5 nitrogen and oxygen atoms in total. The van der Waals surface area contributed by atoms with E-state index in [0.29, 0.717) is 23.9 Å². The fourth-order valence-electron chi connectivity index (χ4n) is 2.74. The largest absolute Gasteiger partial charge is 0.434 e. The fourth-order valence-corrected chi connectivity index (χ4v) is 3.54. The van der Waals surface area contributed by atoms with Crippen LogP contribution in [0.4, 0.5) is 13.2 Å². The lowest BCUT2D eigenvalue weighted by Crippen LogP contribution is -2.40. The molecule has 0 atom stereocenters. The molecule has 1 N–H and O–H groups in total. The van der Waals surface area contributed by atoms with E-state index in [0.717, 1.165) is 61.7 Å². The summed E-state index contributed by atoms with van der Waals surface area (Å²) in [5.41, 5.74) is -0.814. The summed E-state index contributed by atoms with van der Waals surface area (Å²) in [6, 6.07) is 0. The van der Waals surface area contributed by atoms with E-state index in [2.05, 4.69) is 20.2 Å². The lowest BCUT2D eigenvalue weighted by atomic mass is 9.96. The van der Waals surface area contributed by atoms with Crippen LogP contribution >= 0.6 is 35.3 Å². The Bertz CT molecular complexity index is 562.